The summed E-state index contributed by atoms with van der Waals surface area (Å²) in [5.74, 6) is 0.368. The molecule has 2 aromatic rings. The Morgan fingerprint density at radius 3 is 2.65 bits per heavy atom. The number of aryl methyl sites for hydroxylation is 1. The lowest BCUT2D eigenvalue weighted by molar-refractivity contribution is 0.0602. The van der Waals surface area contributed by atoms with Gasteiger partial charge in [0.15, 0.2) is 5.11 Å². The van der Waals surface area contributed by atoms with Gasteiger partial charge in [0.05, 0.1) is 12.7 Å². The Hall–Kier alpha value is -1.92. The molecular formula is C20H24N2O2S2. The van der Waals surface area contributed by atoms with E-state index in [-0.39, 0.29) is 5.97 Å². The van der Waals surface area contributed by atoms with Crippen molar-refractivity contribution in [1.82, 2.24) is 4.90 Å². The zero-order valence-corrected chi connectivity index (χ0v) is 16.8. The molecule has 26 heavy (non-hydrogen) atoms. The Kier molecular flexibility index (Phi) is 6.27. The van der Waals surface area contributed by atoms with E-state index >= 15 is 0 Å². The van der Waals surface area contributed by atoms with Crippen LogP contribution in [0.4, 0.5) is 5.00 Å². The standard InChI is InChI=1S/C20H24N2O2S2/c1-14-12-17(19(23)24-2)18(26-14)21-20(25)22-10-8-16(9-11-22)13-15-6-4-3-5-7-15/h3-7,12,16H,8-11,13H2,1-2H3,(H,21,25). The number of thiocarbonyl (C=S) groups is 1. The number of thiophene rings is 1. The van der Waals surface area contributed by atoms with E-state index in [1.807, 2.05) is 13.0 Å². The van der Waals surface area contributed by atoms with E-state index in [4.69, 9.17) is 17.0 Å². The SMILES string of the molecule is COC(=O)c1cc(C)sc1NC(=S)N1CCC(Cc2ccccc2)CC1. The highest BCUT2D eigenvalue weighted by Crippen LogP contribution is 2.29. The van der Waals surface area contributed by atoms with Gasteiger partial charge in [0.1, 0.15) is 5.00 Å². The number of nitrogens with one attached hydrogen (secondary N) is 1. The maximum Gasteiger partial charge on any atom is 0.340 e. The first-order chi connectivity index (χ1) is 12.6. The van der Waals surface area contributed by atoms with Gasteiger partial charge in [-0.3, -0.25) is 0 Å². The second-order valence-electron chi connectivity index (χ2n) is 6.64. The van der Waals surface area contributed by atoms with Crippen molar-refractivity contribution in [1.29, 1.82) is 0 Å². The Morgan fingerprint density at radius 1 is 1.31 bits per heavy atom. The first-order valence-electron chi connectivity index (χ1n) is 8.85. The molecule has 1 aromatic heterocycles. The average molecular weight is 389 g/mol. The van der Waals surface area contributed by atoms with Crippen LogP contribution in [0.5, 0.6) is 0 Å². The Balaban J connectivity index is 1.55. The number of carbonyl (C=O) groups excluding carboxylic acids is 1. The molecule has 1 aliphatic rings. The molecule has 1 aliphatic heterocycles. The van der Waals surface area contributed by atoms with E-state index < -0.39 is 0 Å². The third-order valence-electron chi connectivity index (χ3n) is 4.75. The normalized spacial score (nSPS) is 14.9. The first kappa shape index (κ1) is 18.9. The van der Waals surface area contributed by atoms with Crippen molar-refractivity contribution in [2.75, 3.05) is 25.5 Å². The molecule has 0 saturated carbocycles. The Morgan fingerprint density at radius 2 is 2.00 bits per heavy atom. The van der Waals surface area contributed by atoms with Crippen LogP contribution in [0.2, 0.25) is 0 Å². The van der Waals surface area contributed by atoms with Gasteiger partial charge in [-0.25, -0.2) is 4.79 Å². The average Bonchev–Trinajstić information content (AvgIpc) is 3.02. The van der Waals surface area contributed by atoms with Crippen molar-refractivity contribution in [3.05, 3.63) is 52.4 Å². The van der Waals surface area contributed by atoms with Crippen LogP contribution >= 0.6 is 23.6 Å². The zero-order chi connectivity index (χ0) is 18.5. The summed E-state index contributed by atoms with van der Waals surface area (Å²) >= 11 is 7.11. The highest BCUT2D eigenvalue weighted by molar-refractivity contribution is 7.80. The van der Waals surface area contributed by atoms with Gasteiger partial charge < -0.3 is 15.0 Å². The van der Waals surface area contributed by atoms with Crippen molar-refractivity contribution in [3.63, 3.8) is 0 Å². The van der Waals surface area contributed by atoms with E-state index in [9.17, 15) is 4.79 Å². The molecule has 0 bridgehead atoms. The Labute approximate surface area is 164 Å². The van der Waals surface area contributed by atoms with Crippen molar-refractivity contribution in [2.24, 2.45) is 5.92 Å². The molecule has 4 nitrogen and oxygen atoms in total. The molecule has 0 radical (unpaired) electrons. The first-order valence-corrected chi connectivity index (χ1v) is 10.1. The summed E-state index contributed by atoms with van der Waals surface area (Å²) in [5.41, 5.74) is 1.96. The number of carbonyl (C=O) groups is 1. The number of anilines is 1. The van der Waals surface area contributed by atoms with Crippen molar-refractivity contribution < 1.29 is 9.53 Å². The van der Waals surface area contributed by atoms with Gasteiger partial charge in [-0.1, -0.05) is 30.3 Å². The Bertz CT molecular complexity index is 765. The van der Waals surface area contributed by atoms with Crippen LogP contribution < -0.4 is 5.32 Å². The minimum Gasteiger partial charge on any atom is -0.465 e. The van der Waals surface area contributed by atoms with Crippen LogP contribution in [0.1, 0.15) is 33.6 Å². The van der Waals surface area contributed by atoms with E-state index in [0.29, 0.717) is 16.6 Å². The summed E-state index contributed by atoms with van der Waals surface area (Å²) in [5, 5.41) is 4.72. The third-order valence-corrected chi connectivity index (χ3v) is 6.08. The molecule has 0 spiro atoms. The fourth-order valence-electron chi connectivity index (χ4n) is 3.33. The highest BCUT2D eigenvalue weighted by Gasteiger charge is 2.23. The lowest BCUT2D eigenvalue weighted by atomic mass is 9.90. The van der Waals surface area contributed by atoms with Crippen LogP contribution in [-0.2, 0) is 11.2 Å². The fourth-order valence-corrected chi connectivity index (χ4v) is 4.58. The number of methoxy groups -OCH3 is 1. The number of esters is 1. The minimum absolute atomic E-state index is 0.332. The number of likely N-dealkylation sites (tertiary alicyclic amines) is 1. The third kappa shape index (κ3) is 4.62. The van der Waals surface area contributed by atoms with E-state index in [2.05, 4.69) is 40.5 Å². The number of benzene rings is 1. The summed E-state index contributed by atoms with van der Waals surface area (Å²) in [6, 6.07) is 12.5. The topological polar surface area (TPSA) is 41.6 Å². The van der Waals surface area contributed by atoms with Crippen LogP contribution in [0.25, 0.3) is 0 Å². The number of rotatable bonds is 4. The number of hydrogen-bond donors (Lipinski definition) is 1. The number of hydrogen-bond acceptors (Lipinski definition) is 4. The molecule has 0 atom stereocenters. The summed E-state index contributed by atoms with van der Waals surface area (Å²) in [6.07, 6.45) is 3.39. The maximum absolute atomic E-state index is 11.9. The van der Waals surface area contributed by atoms with Gasteiger partial charge >= 0.3 is 5.97 Å². The second-order valence-corrected chi connectivity index (χ2v) is 8.28. The summed E-state index contributed by atoms with van der Waals surface area (Å²) in [6.45, 7) is 3.86. The molecule has 1 aromatic carbocycles. The van der Waals surface area contributed by atoms with Crippen molar-refractivity contribution >= 4 is 39.6 Å². The van der Waals surface area contributed by atoms with Gasteiger partial charge in [0.2, 0.25) is 0 Å². The minimum atomic E-state index is -0.332. The highest BCUT2D eigenvalue weighted by atomic mass is 32.1. The van der Waals surface area contributed by atoms with Crippen molar-refractivity contribution in [2.45, 2.75) is 26.2 Å². The molecule has 138 valence electrons. The lowest BCUT2D eigenvalue weighted by Crippen LogP contribution is -2.41. The molecule has 3 rings (SSSR count). The molecular weight excluding hydrogens is 364 g/mol. The molecule has 6 heteroatoms. The summed E-state index contributed by atoms with van der Waals surface area (Å²) in [4.78, 5) is 15.2. The molecule has 0 amide bonds. The number of piperidine rings is 1. The predicted octanol–water partition coefficient (Wildman–Crippen LogP) is 4.49. The molecule has 1 fully saturated rings. The van der Waals surface area contributed by atoms with Crippen LogP contribution in [0.3, 0.4) is 0 Å². The maximum atomic E-state index is 11.9. The van der Waals surface area contributed by atoms with Gasteiger partial charge in [-0.05, 0) is 56.0 Å². The molecule has 2 heterocycles. The largest absolute Gasteiger partial charge is 0.465 e. The molecule has 1 N–H and O–H groups in total. The van der Waals surface area contributed by atoms with E-state index in [1.165, 1.54) is 24.0 Å². The molecule has 0 aliphatic carbocycles. The van der Waals surface area contributed by atoms with E-state index in [1.54, 1.807) is 0 Å². The second kappa shape index (κ2) is 8.64. The van der Waals surface area contributed by atoms with Crippen molar-refractivity contribution in [3.8, 4) is 0 Å². The summed E-state index contributed by atoms with van der Waals surface area (Å²) < 4.78 is 4.86. The molecule has 1 saturated heterocycles. The van der Waals surface area contributed by atoms with Crippen LogP contribution in [-0.4, -0.2) is 36.2 Å². The van der Waals surface area contributed by atoms with Gasteiger partial charge in [-0.15, -0.1) is 11.3 Å². The summed E-state index contributed by atoms with van der Waals surface area (Å²) in [7, 11) is 1.40. The van der Waals surface area contributed by atoms with Gasteiger partial charge in [0, 0.05) is 18.0 Å². The van der Waals surface area contributed by atoms with Crippen LogP contribution in [0.15, 0.2) is 36.4 Å². The fraction of sp³-hybridized carbons (Fsp3) is 0.400. The smallest absolute Gasteiger partial charge is 0.340 e. The zero-order valence-electron chi connectivity index (χ0n) is 15.2. The predicted molar refractivity (Wildman–Crippen MR) is 111 cm³/mol. The van der Waals surface area contributed by atoms with Gasteiger partial charge in [-0.2, -0.15) is 0 Å². The monoisotopic (exact) mass is 388 g/mol. The quantitative estimate of drug-likeness (QED) is 0.617. The number of ether oxygens (including phenoxy) is 1. The van der Waals surface area contributed by atoms with Gasteiger partial charge in [0.25, 0.3) is 0 Å². The number of nitrogens with zero attached hydrogens (tertiary/aromatic N) is 1. The molecule has 0 unspecified atom stereocenters. The van der Waals surface area contributed by atoms with E-state index in [0.717, 1.165) is 42.2 Å². The van der Waals surface area contributed by atoms with Crippen LogP contribution in [0, 0.1) is 12.8 Å². The lowest BCUT2D eigenvalue weighted by Gasteiger charge is -2.33.